The highest BCUT2D eigenvalue weighted by Crippen LogP contribution is 2.39. The third-order valence-corrected chi connectivity index (χ3v) is 4.30. The van der Waals surface area contributed by atoms with Gasteiger partial charge in [0.25, 0.3) is 0 Å². The summed E-state index contributed by atoms with van der Waals surface area (Å²) in [6.07, 6.45) is 0. The zero-order chi connectivity index (χ0) is 15.7. The third-order valence-electron chi connectivity index (χ3n) is 3.79. The van der Waals surface area contributed by atoms with Crippen molar-refractivity contribution in [2.24, 2.45) is 0 Å². The van der Waals surface area contributed by atoms with Crippen LogP contribution in [0.3, 0.4) is 0 Å². The van der Waals surface area contributed by atoms with Gasteiger partial charge in [0.05, 0.1) is 12.1 Å². The van der Waals surface area contributed by atoms with Crippen LogP contribution in [0.4, 0.5) is 11.4 Å². The molecule has 22 heavy (non-hydrogen) atoms. The summed E-state index contributed by atoms with van der Waals surface area (Å²) in [6, 6.07) is 15.0. The molecule has 0 aliphatic carbocycles. The van der Waals surface area contributed by atoms with Crippen LogP contribution in [-0.4, -0.2) is 25.1 Å². The minimum absolute atomic E-state index is 0.130. The average molecular weight is 312 g/mol. The highest BCUT2D eigenvalue weighted by molar-refractivity contribution is 7.80. The second-order valence-electron chi connectivity index (χ2n) is 5.11. The molecule has 1 aliphatic rings. The highest BCUT2D eigenvalue weighted by atomic mass is 32.1. The second-order valence-corrected chi connectivity index (χ2v) is 5.53. The van der Waals surface area contributed by atoms with Crippen LogP contribution in [0.15, 0.2) is 48.5 Å². The first kappa shape index (κ1) is 14.5. The number of methoxy groups -OCH3 is 1. The van der Waals surface area contributed by atoms with E-state index in [4.69, 9.17) is 17.0 Å². The van der Waals surface area contributed by atoms with Crippen LogP contribution in [0, 0.1) is 0 Å². The lowest BCUT2D eigenvalue weighted by molar-refractivity contribution is -0.116. The number of likely N-dealkylation sites (N-methyl/N-ethyl adjacent to an activating group) is 1. The van der Waals surface area contributed by atoms with E-state index >= 15 is 0 Å². The Morgan fingerprint density at radius 2 is 1.95 bits per heavy atom. The number of fused-ring (bicyclic) bond motifs is 1. The molecule has 1 aliphatic heterocycles. The van der Waals surface area contributed by atoms with E-state index < -0.39 is 5.92 Å². The molecule has 0 fully saturated rings. The average Bonchev–Trinajstić information content (AvgIpc) is 2.79. The standard InChI is InChI=1S/C17H16N2O2S/c1-19-14-9-8-12(21-2)10-13(14)15(17(19)22)16(20)18-11-6-4-3-5-7-11/h3-10,15H,1-2H3,(H,18,20). The molecule has 1 N–H and O–H groups in total. The Bertz CT molecular complexity index is 731. The maximum atomic E-state index is 12.7. The summed E-state index contributed by atoms with van der Waals surface area (Å²) >= 11 is 5.46. The molecule has 0 aromatic heterocycles. The minimum atomic E-state index is -0.481. The summed E-state index contributed by atoms with van der Waals surface area (Å²) in [7, 11) is 3.49. The van der Waals surface area contributed by atoms with Gasteiger partial charge in [-0.1, -0.05) is 30.4 Å². The first-order chi connectivity index (χ1) is 10.6. The van der Waals surface area contributed by atoms with E-state index in [0.29, 0.717) is 4.99 Å². The maximum absolute atomic E-state index is 12.7. The monoisotopic (exact) mass is 312 g/mol. The zero-order valence-corrected chi connectivity index (χ0v) is 13.2. The number of benzene rings is 2. The molecule has 1 unspecified atom stereocenters. The van der Waals surface area contributed by atoms with Crippen molar-refractivity contribution in [2.75, 3.05) is 24.4 Å². The fraction of sp³-hybridized carbons (Fsp3) is 0.176. The van der Waals surface area contributed by atoms with Crippen LogP contribution in [0.1, 0.15) is 11.5 Å². The number of thiocarbonyl (C=S) groups is 1. The highest BCUT2D eigenvalue weighted by Gasteiger charge is 2.37. The van der Waals surface area contributed by atoms with Crippen molar-refractivity contribution in [1.82, 2.24) is 0 Å². The van der Waals surface area contributed by atoms with E-state index in [1.54, 1.807) is 7.11 Å². The Kier molecular flexibility index (Phi) is 3.81. The summed E-state index contributed by atoms with van der Waals surface area (Å²) in [5, 5.41) is 2.92. The fourth-order valence-electron chi connectivity index (χ4n) is 2.63. The van der Waals surface area contributed by atoms with Gasteiger partial charge >= 0.3 is 0 Å². The van der Waals surface area contributed by atoms with Gasteiger partial charge in [0.1, 0.15) is 11.7 Å². The minimum Gasteiger partial charge on any atom is -0.497 e. The van der Waals surface area contributed by atoms with Gasteiger partial charge in [-0.05, 0) is 35.9 Å². The summed E-state index contributed by atoms with van der Waals surface area (Å²) in [4.78, 5) is 15.1. The first-order valence-corrected chi connectivity index (χ1v) is 7.34. The third kappa shape index (κ3) is 2.44. The van der Waals surface area contributed by atoms with Crippen LogP contribution >= 0.6 is 12.2 Å². The molecule has 0 spiro atoms. The Balaban J connectivity index is 1.94. The van der Waals surface area contributed by atoms with Gasteiger partial charge in [0.2, 0.25) is 5.91 Å². The number of hydrogen-bond donors (Lipinski definition) is 1. The van der Waals surface area contributed by atoms with Crippen molar-refractivity contribution >= 4 is 34.5 Å². The summed E-state index contributed by atoms with van der Waals surface area (Å²) in [5.74, 6) is 0.106. The number of nitrogens with one attached hydrogen (secondary N) is 1. The Morgan fingerprint density at radius 1 is 1.23 bits per heavy atom. The van der Waals surface area contributed by atoms with Crippen molar-refractivity contribution < 1.29 is 9.53 Å². The van der Waals surface area contributed by atoms with Crippen LogP contribution < -0.4 is 15.0 Å². The Hall–Kier alpha value is -2.40. The van der Waals surface area contributed by atoms with E-state index in [1.165, 1.54) is 0 Å². The number of carbonyl (C=O) groups is 1. The maximum Gasteiger partial charge on any atom is 0.238 e. The lowest BCUT2D eigenvalue weighted by Gasteiger charge is -2.14. The molecule has 112 valence electrons. The van der Waals surface area contributed by atoms with Gasteiger partial charge in [-0.15, -0.1) is 0 Å². The Labute approximate surface area is 134 Å². The Morgan fingerprint density at radius 3 is 2.64 bits per heavy atom. The van der Waals surface area contributed by atoms with E-state index in [1.807, 2.05) is 60.5 Å². The van der Waals surface area contributed by atoms with Crippen molar-refractivity contribution in [1.29, 1.82) is 0 Å². The number of nitrogens with zero attached hydrogens (tertiary/aromatic N) is 1. The lowest BCUT2D eigenvalue weighted by atomic mass is 10.00. The van der Waals surface area contributed by atoms with Crippen molar-refractivity contribution in [3.8, 4) is 5.75 Å². The number of amides is 1. The predicted molar refractivity (Wildman–Crippen MR) is 91.8 cm³/mol. The molecule has 4 nitrogen and oxygen atoms in total. The molecule has 1 heterocycles. The van der Waals surface area contributed by atoms with Crippen molar-refractivity contribution in [3.63, 3.8) is 0 Å². The molecule has 0 saturated carbocycles. The molecule has 1 amide bonds. The summed E-state index contributed by atoms with van der Waals surface area (Å²) < 4.78 is 5.26. The molecule has 2 aromatic carbocycles. The summed E-state index contributed by atoms with van der Waals surface area (Å²) in [6.45, 7) is 0. The second kappa shape index (κ2) is 5.77. The van der Waals surface area contributed by atoms with Crippen LogP contribution in [0.2, 0.25) is 0 Å². The lowest BCUT2D eigenvalue weighted by Crippen LogP contribution is -2.30. The number of ether oxygens (including phenoxy) is 1. The first-order valence-electron chi connectivity index (χ1n) is 6.93. The smallest absolute Gasteiger partial charge is 0.238 e. The van der Waals surface area contributed by atoms with E-state index in [0.717, 1.165) is 22.7 Å². The molecule has 2 aromatic rings. The SMILES string of the molecule is COc1ccc2c(c1)C(C(=O)Nc1ccccc1)C(=S)N2C. The van der Waals surface area contributed by atoms with Gasteiger partial charge in [-0.25, -0.2) is 0 Å². The van der Waals surface area contributed by atoms with E-state index in [2.05, 4.69) is 5.32 Å². The molecule has 3 rings (SSSR count). The summed E-state index contributed by atoms with van der Waals surface area (Å²) in [5.41, 5.74) is 2.58. The molecule has 0 bridgehead atoms. The van der Waals surface area contributed by atoms with Crippen LogP contribution in [0.5, 0.6) is 5.75 Å². The molecule has 5 heteroatoms. The zero-order valence-electron chi connectivity index (χ0n) is 12.4. The molecule has 1 atom stereocenters. The number of anilines is 2. The van der Waals surface area contributed by atoms with Crippen LogP contribution in [0.25, 0.3) is 0 Å². The van der Waals surface area contributed by atoms with Crippen molar-refractivity contribution in [3.05, 3.63) is 54.1 Å². The van der Waals surface area contributed by atoms with Gasteiger partial charge < -0.3 is 15.0 Å². The number of carbonyl (C=O) groups excluding carboxylic acids is 1. The van der Waals surface area contributed by atoms with Gasteiger partial charge in [-0.3, -0.25) is 4.79 Å². The molecule has 0 saturated heterocycles. The normalized spacial score (nSPS) is 16.4. The number of rotatable bonds is 3. The topological polar surface area (TPSA) is 41.6 Å². The van der Waals surface area contributed by atoms with Crippen LogP contribution in [-0.2, 0) is 4.79 Å². The molecular weight excluding hydrogens is 296 g/mol. The van der Waals surface area contributed by atoms with Crippen molar-refractivity contribution in [2.45, 2.75) is 5.92 Å². The van der Waals surface area contributed by atoms with Gasteiger partial charge in [-0.2, -0.15) is 0 Å². The van der Waals surface area contributed by atoms with E-state index in [9.17, 15) is 4.79 Å². The molecular formula is C17H16N2O2S. The molecule has 0 radical (unpaired) electrons. The largest absolute Gasteiger partial charge is 0.497 e. The fourth-order valence-corrected chi connectivity index (χ4v) is 2.96. The quantitative estimate of drug-likeness (QED) is 0.884. The van der Waals surface area contributed by atoms with Gasteiger partial charge in [0.15, 0.2) is 0 Å². The number of para-hydroxylation sites is 1. The number of hydrogen-bond acceptors (Lipinski definition) is 3. The predicted octanol–water partition coefficient (Wildman–Crippen LogP) is 3.19. The van der Waals surface area contributed by atoms with E-state index in [-0.39, 0.29) is 5.91 Å². The van der Waals surface area contributed by atoms with Gasteiger partial charge in [0, 0.05) is 18.4 Å².